The topological polar surface area (TPSA) is 89.5 Å². The van der Waals surface area contributed by atoms with Gasteiger partial charge < -0.3 is 10.1 Å². The van der Waals surface area contributed by atoms with Crippen LogP contribution < -0.4 is 4.57 Å². The molecule has 25 heavy (non-hydrogen) atoms. The predicted molar refractivity (Wildman–Crippen MR) is 93.4 cm³/mol. The zero-order valence-corrected chi connectivity index (χ0v) is 14.3. The largest absolute Gasteiger partial charge is 0.385 e. The highest BCUT2D eigenvalue weighted by atomic mass is 16.3. The number of pyridine rings is 2. The summed E-state index contributed by atoms with van der Waals surface area (Å²) >= 11 is 0. The van der Waals surface area contributed by atoms with Crippen molar-refractivity contribution in [2.45, 2.75) is 51.2 Å². The third kappa shape index (κ3) is 2.75. The molecule has 6 heteroatoms. The molecule has 0 radical (unpaired) electrons. The van der Waals surface area contributed by atoms with Gasteiger partial charge in [-0.2, -0.15) is 9.83 Å². The van der Waals surface area contributed by atoms with Crippen LogP contribution in [0, 0.1) is 17.2 Å². The quantitative estimate of drug-likeness (QED) is 0.716. The summed E-state index contributed by atoms with van der Waals surface area (Å²) in [6.45, 7) is 1.93. The van der Waals surface area contributed by atoms with Crippen molar-refractivity contribution in [1.29, 1.82) is 5.26 Å². The van der Waals surface area contributed by atoms with Crippen LogP contribution in [0.3, 0.4) is 0 Å². The minimum absolute atomic E-state index is 0.366. The number of nitrogens with one attached hydrogen (secondary N) is 1. The molecule has 4 rings (SSSR count). The SMILES string of the molecule is CCC(O)c1nc2c(cnc3ccc[n+](C4CCC(CC#N)C4)c32)[nH]1. The summed E-state index contributed by atoms with van der Waals surface area (Å²) < 4.78 is 2.27. The van der Waals surface area contributed by atoms with E-state index >= 15 is 0 Å². The number of aromatic amines is 1. The molecule has 0 spiro atoms. The van der Waals surface area contributed by atoms with E-state index in [-0.39, 0.29) is 0 Å². The van der Waals surface area contributed by atoms with Gasteiger partial charge in [0.05, 0.1) is 17.8 Å². The lowest BCUT2D eigenvalue weighted by Gasteiger charge is -2.08. The molecule has 0 saturated heterocycles. The van der Waals surface area contributed by atoms with Gasteiger partial charge in [0, 0.05) is 25.3 Å². The fourth-order valence-electron chi connectivity index (χ4n) is 3.95. The summed E-state index contributed by atoms with van der Waals surface area (Å²) in [4.78, 5) is 12.5. The Hall–Kier alpha value is -2.52. The van der Waals surface area contributed by atoms with Crippen molar-refractivity contribution in [1.82, 2.24) is 15.0 Å². The monoisotopic (exact) mass is 336 g/mol. The average molecular weight is 336 g/mol. The van der Waals surface area contributed by atoms with Gasteiger partial charge in [-0.25, -0.2) is 9.97 Å². The van der Waals surface area contributed by atoms with E-state index in [1.807, 2.05) is 19.1 Å². The predicted octanol–water partition coefficient (Wildman–Crippen LogP) is 3.10. The zero-order chi connectivity index (χ0) is 17.4. The molecule has 3 unspecified atom stereocenters. The van der Waals surface area contributed by atoms with E-state index in [4.69, 9.17) is 5.26 Å². The third-order valence-electron chi connectivity index (χ3n) is 5.30. The Bertz CT molecular complexity index is 957. The Balaban J connectivity index is 1.84. The molecule has 1 aliphatic rings. The van der Waals surface area contributed by atoms with Crippen LogP contribution in [0.25, 0.3) is 22.1 Å². The third-order valence-corrected chi connectivity index (χ3v) is 5.30. The van der Waals surface area contributed by atoms with Crippen LogP contribution >= 0.6 is 0 Å². The van der Waals surface area contributed by atoms with Crippen molar-refractivity contribution in [3.8, 4) is 6.07 Å². The maximum Gasteiger partial charge on any atom is 0.259 e. The Morgan fingerprint density at radius 3 is 3.16 bits per heavy atom. The molecule has 3 aromatic heterocycles. The molecule has 1 fully saturated rings. The number of nitrogens with zero attached hydrogens (tertiary/aromatic N) is 4. The minimum atomic E-state index is -0.592. The highest BCUT2D eigenvalue weighted by Gasteiger charge is 2.33. The molecule has 0 aromatic carbocycles. The number of aromatic nitrogens is 4. The van der Waals surface area contributed by atoms with Crippen molar-refractivity contribution >= 4 is 22.1 Å². The summed E-state index contributed by atoms with van der Waals surface area (Å²) in [5.41, 5.74) is 3.62. The molecule has 6 nitrogen and oxygen atoms in total. The van der Waals surface area contributed by atoms with Gasteiger partial charge in [0.15, 0.2) is 17.8 Å². The molecule has 3 heterocycles. The smallest absolute Gasteiger partial charge is 0.259 e. The first-order valence-electron chi connectivity index (χ1n) is 8.94. The molecule has 0 amide bonds. The van der Waals surface area contributed by atoms with Gasteiger partial charge in [-0.05, 0) is 24.8 Å². The van der Waals surface area contributed by atoms with Crippen LogP contribution in [0.15, 0.2) is 24.5 Å². The van der Waals surface area contributed by atoms with Crippen molar-refractivity contribution in [2.75, 3.05) is 0 Å². The molecule has 3 aromatic rings. The fraction of sp³-hybridized carbons (Fsp3) is 0.474. The van der Waals surface area contributed by atoms with Gasteiger partial charge in [-0.15, -0.1) is 0 Å². The van der Waals surface area contributed by atoms with Gasteiger partial charge in [-0.3, -0.25) is 0 Å². The molecule has 3 atom stereocenters. The zero-order valence-electron chi connectivity index (χ0n) is 14.3. The minimum Gasteiger partial charge on any atom is -0.385 e. The molecule has 0 bridgehead atoms. The van der Waals surface area contributed by atoms with Crippen molar-refractivity contribution in [2.24, 2.45) is 5.92 Å². The summed E-state index contributed by atoms with van der Waals surface area (Å²) in [6, 6.07) is 6.69. The number of H-pyrrole nitrogens is 1. The van der Waals surface area contributed by atoms with Crippen molar-refractivity contribution in [3.05, 3.63) is 30.4 Å². The van der Waals surface area contributed by atoms with Crippen molar-refractivity contribution < 1.29 is 9.67 Å². The number of rotatable bonds is 4. The number of hydrogen-bond donors (Lipinski definition) is 2. The fourth-order valence-corrected chi connectivity index (χ4v) is 3.95. The number of aliphatic hydroxyl groups is 1. The van der Waals surface area contributed by atoms with Crippen LogP contribution in [0.4, 0.5) is 0 Å². The van der Waals surface area contributed by atoms with E-state index in [1.165, 1.54) is 0 Å². The van der Waals surface area contributed by atoms with Gasteiger partial charge in [0.25, 0.3) is 5.52 Å². The van der Waals surface area contributed by atoms with E-state index in [0.717, 1.165) is 41.3 Å². The molecular weight excluding hydrogens is 314 g/mol. The molecule has 1 aliphatic carbocycles. The van der Waals surface area contributed by atoms with E-state index in [1.54, 1.807) is 6.20 Å². The maximum absolute atomic E-state index is 10.1. The Labute approximate surface area is 146 Å². The van der Waals surface area contributed by atoms with E-state index < -0.39 is 6.10 Å². The van der Waals surface area contributed by atoms with Crippen LogP contribution in [-0.4, -0.2) is 20.1 Å². The Morgan fingerprint density at radius 1 is 1.48 bits per heavy atom. The van der Waals surface area contributed by atoms with Crippen LogP contribution in [0.2, 0.25) is 0 Å². The second-order valence-electron chi connectivity index (χ2n) is 6.91. The number of fused-ring (bicyclic) bond motifs is 3. The maximum atomic E-state index is 10.1. The summed E-state index contributed by atoms with van der Waals surface area (Å²) in [6.07, 6.45) is 7.71. The molecule has 0 aliphatic heterocycles. The first-order chi connectivity index (χ1) is 12.2. The standard InChI is InChI=1S/C19H21N5O/c1-2-16(25)19-22-15-11-21-14-4-3-9-24(18(14)17(15)23-19)13-6-5-12(10-13)7-8-20/h3-4,9,11-13,16,25H,2,5-7,10H2,1H3/p+1. The molecule has 2 N–H and O–H groups in total. The number of nitriles is 1. The summed E-state index contributed by atoms with van der Waals surface area (Å²) in [5, 5.41) is 19.1. The number of imidazole rings is 1. The van der Waals surface area contributed by atoms with Gasteiger partial charge in [0.2, 0.25) is 0 Å². The van der Waals surface area contributed by atoms with Gasteiger partial charge in [0.1, 0.15) is 17.4 Å². The highest BCUT2D eigenvalue weighted by Crippen LogP contribution is 2.34. The molecular formula is C19H22N5O+. The average Bonchev–Trinajstić information content (AvgIpc) is 3.27. The normalized spacial score (nSPS) is 21.6. The van der Waals surface area contributed by atoms with E-state index in [0.29, 0.717) is 30.6 Å². The lowest BCUT2D eigenvalue weighted by molar-refractivity contribution is -0.697. The van der Waals surface area contributed by atoms with Crippen molar-refractivity contribution in [3.63, 3.8) is 0 Å². The second-order valence-corrected chi connectivity index (χ2v) is 6.91. The number of aliphatic hydroxyl groups excluding tert-OH is 1. The van der Waals surface area contributed by atoms with Crippen LogP contribution in [-0.2, 0) is 0 Å². The Kier molecular flexibility index (Phi) is 4.10. The first kappa shape index (κ1) is 16.0. The highest BCUT2D eigenvalue weighted by molar-refractivity contribution is 5.96. The molecule has 1 saturated carbocycles. The van der Waals surface area contributed by atoms with Crippen LogP contribution in [0.5, 0.6) is 0 Å². The molecule has 128 valence electrons. The lowest BCUT2D eigenvalue weighted by atomic mass is 10.1. The summed E-state index contributed by atoms with van der Waals surface area (Å²) in [5.74, 6) is 1.07. The van der Waals surface area contributed by atoms with Crippen LogP contribution in [0.1, 0.15) is 57.0 Å². The van der Waals surface area contributed by atoms with Gasteiger partial charge >= 0.3 is 0 Å². The van der Waals surface area contributed by atoms with E-state index in [2.05, 4.69) is 31.8 Å². The number of hydrogen-bond acceptors (Lipinski definition) is 4. The second kappa shape index (κ2) is 6.41. The van der Waals surface area contributed by atoms with E-state index in [9.17, 15) is 5.11 Å². The summed E-state index contributed by atoms with van der Waals surface area (Å²) in [7, 11) is 0. The van der Waals surface area contributed by atoms with Gasteiger partial charge in [-0.1, -0.05) is 6.92 Å². The Morgan fingerprint density at radius 2 is 2.36 bits per heavy atom. The lowest BCUT2D eigenvalue weighted by Crippen LogP contribution is -2.38. The first-order valence-corrected chi connectivity index (χ1v) is 8.94.